The lowest BCUT2D eigenvalue weighted by Gasteiger charge is -2.18. The average molecular weight is 197 g/mol. The predicted molar refractivity (Wildman–Crippen MR) is 54.8 cm³/mol. The quantitative estimate of drug-likeness (QED) is 0.697. The van der Waals surface area contributed by atoms with Gasteiger partial charge in [-0.05, 0) is 25.7 Å². The normalized spacial score (nSPS) is 11.1. The molecule has 0 atom stereocenters. The van der Waals surface area contributed by atoms with Crippen LogP contribution in [0.4, 0.5) is 0 Å². The van der Waals surface area contributed by atoms with Crippen molar-refractivity contribution in [3.05, 3.63) is 18.3 Å². The molecule has 0 unspecified atom stereocenters. The third-order valence-corrected chi connectivity index (χ3v) is 2.17. The molecule has 0 amide bonds. The van der Waals surface area contributed by atoms with Gasteiger partial charge in [0.25, 0.3) is 0 Å². The molecule has 0 aliphatic rings. The molecule has 0 bridgehead atoms. The van der Waals surface area contributed by atoms with Crippen LogP contribution in [0, 0.1) is 0 Å². The van der Waals surface area contributed by atoms with Gasteiger partial charge < -0.3 is 9.16 Å². The van der Waals surface area contributed by atoms with Crippen molar-refractivity contribution in [3.8, 4) is 11.6 Å². The Morgan fingerprint density at radius 2 is 2.00 bits per heavy atom. The lowest BCUT2D eigenvalue weighted by Crippen LogP contribution is -2.29. The highest BCUT2D eigenvalue weighted by atomic mass is 28.4. The van der Waals surface area contributed by atoms with Gasteiger partial charge in [0.2, 0.25) is 14.2 Å². The van der Waals surface area contributed by atoms with Crippen molar-refractivity contribution in [1.82, 2.24) is 4.98 Å². The second-order valence-corrected chi connectivity index (χ2v) is 8.18. The minimum absolute atomic E-state index is 0.651. The number of hydrogen-bond donors (Lipinski definition) is 0. The molecule has 13 heavy (non-hydrogen) atoms. The van der Waals surface area contributed by atoms with Crippen LogP contribution in [0.3, 0.4) is 0 Å². The standard InChI is InChI=1S/C9H15NO2Si/c1-11-8-5-6-10-9(7-8)12-13(2,3)4/h5-7H,1-4H3. The van der Waals surface area contributed by atoms with Crippen LogP contribution in [0.15, 0.2) is 18.3 Å². The van der Waals surface area contributed by atoms with Crippen LogP contribution in [-0.4, -0.2) is 20.4 Å². The van der Waals surface area contributed by atoms with E-state index in [2.05, 4.69) is 24.6 Å². The Hall–Kier alpha value is -1.03. The van der Waals surface area contributed by atoms with Crippen molar-refractivity contribution < 1.29 is 9.16 Å². The topological polar surface area (TPSA) is 31.4 Å². The number of methoxy groups -OCH3 is 1. The molecule has 0 radical (unpaired) electrons. The maximum absolute atomic E-state index is 5.69. The molecule has 0 saturated heterocycles. The number of nitrogens with zero attached hydrogens (tertiary/aromatic N) is 1. The van der Waals surface area contributed by atoms with Gasteiger partial charge in [-0.2, -0.15) is 0 Å². The van der Waals surface area contributed by atoms with Crippen LogP contribution in [-0.2, 0) is 0 Å². The molecule has 1 heterocycles. The number of pyridine rings is 1. The molecule has 4 heteroatoms. The van der Waals surface area contributed by atoms with Gasteiger partial charge in [-0.1, -0.05) is 0 Å². The van der Waals surface area contributed by atoms with Crippen LogP contribution in [0.1, 0.15) is 0 Å². The summed E-state index contributed by atoms with van der Waals surface area (Å²) in [5, 5.41) is 0. The lowest BCUT2D eigenvalue weighted by molar-refractivity contribution is 0.410. The van der Waals surface area contributed by atoms with Gasteiger partial charge in [0, 0.05) is 12.3 Å². The largest absolute Gasteiger partial charge is 0.531 e. The molecule has 72 valence electrons. The molecule has 0 fully saturated rings. The summed E-state index contributed by atoms with van der Waals surface area (Å²) in [4.78, 5) is 4.11. The van der Waals surface area contributed by atoms with Crippen LogP contribution in [0.2, 0.25) is 19.6 Å². The second-order valence-electron chi connectivity index (χ2n) is 3.75. The summed E-state index contributed by atoms with van der Waals surface area (Å²) < 4.78 is 10.8. The maximum Gasteiger partial charge on any atom is 0.244 e. The Kier molecular flexibility index (Phi) is 2.93. The zero-order valence-electron chi connectivity index (χ0n) is 8.50. The summed E-state index contributed by atoms with van der Waals surface area (Å²) in [6, 6.07) is 3.61. The van der Waals surface area contributed by atoms with Crippen molar-refractivity contribution >= 4 is 8.32 Å². The molecule has 0 N–H and O–H groups in total. The van der Waals surface area contributed by atoms with Crippen LogP contribution in [0.25, 0.3) is 0 Å². The fourth-order valence-corrected chi connectivity index (χ4v) is 1.63. The van der Waals surface area contributed by atoms with E-state index < -0.39 is 8.32 Å². The van der Waals surface area contributed by atoms with E-state index in [4.69, 9.17) is 9.16 Å². The lowest BCUT2D eigenvalue weighted by atomic mass is 10.4. The minimum atomic E-state index is -1.55. The molecule has 0 aromatic carbocycles. The summed E-state index contributed by atoms with van der Waals surface area (Å²) in [6.07, 6.45) is 1.69. The summed E-state index contributed by atoms with van der Waals surface area (Å²) in [5.41, 5.74) is 0. The Morgan fingerprint density at radius 1 is 1.31 bits per heavy atom. The zero-order valence-corrected chi connectivity index (χ0v) is 9.50. The molecule has 3 nitrogen and oxygen atoms in total. The molecule has 0 aliphatic carbocycles. The Balaban J connectivity index is 2.78. The molecule has 0 spiro atoms. The molecular formula is C9H15NO2Si. The van der Waals surface area contributed by atoms with E-state index in [0.717, 1.165) is 5.75 Å². The van der Waals surface area contributed by atoms with E-state index in [0.29, 0.717) is 5.88 Å². The van der Waals surface area contributed by atoms with E-state index in [1.807, 2.05) is 0 Å². The zero-order chi connectivity index (χ0) is 9.90. The fraction of sp³-hybridized carbons (Fsp3) is 0.444. The smallest absolute Gasteiger partial charge is 0.244 e. The average Bonchev–Trinajstić information content (AvgIpc) is 2.01. The van der Waals surface area contributed by atoms with Crippen LogP contribution >= 0.6 is 0 Å². The molecule has 0 aliphatic heterocycles. The van der Waals surface area contributed by atoms with Gasteiger partial charge >= 0.3 is 0 Å². The van der Waals surface area contributed by atoms with Crippen LogP contribution in [0.5, 0.6) is 11.6 Å². The Labute approximate surface area is 79.8 Å². The minimum Gasteiger partial charge on any atom is -0.531 e. The first-order chi connectivity index (χ1) is 6.01. The van der Waals surface area contributed by atoms with E-state index in [1.54, 1.807) is 25.4 Å². The van der Waals surface area contributed by atoms with Crippen LogP contribution < -0.4 is 9.16 Å². The highest BCUT2D eigenvalue weighted by Crippen LogP contribution is 2.18. The highest BCUT2D eigenvalue weighted by molar-refractivity contribution is 6.70. The van der Waals surface area contributed by atoms with Crippen molar-refractivity contribution in [2.24, 2.45) is 0 Å². The molecule has 1 aromatic heterocycles. The SMILES string of the molecule is COc1ccnc(O[Si](C)(C)C)c1. The van der Waals surface area contributed by atoms with Crippen molar-refractivity contribution in [1.29, 1.82) is 0 Å². The summed E-state index contributed by atoms with van der Waals surface area (Å²) >= 11 is 0. The first-order valence-electron chi connectivity index (χ1n) is 4.20. The molecule has 1 rings (SSSR count). The maximum atomic E-state index is 5.69. The number of hydrogen-bond acceptors (Lipinski definition) is 3. The van der Waals surface area contributed by atoms with Gasteiger partial charge in [-0.25, -0.2) is 4.98 Å². The molecule has 1 aromatic rings. The second kappa shape index (κ2) is 3.78. The first kappa shape index (κ1) is 10.1. The molecular weight excluding hydrogens is 182 g/mol. The van der Waals surface area contributed by atoms with E-state index >= 15 is 0 Å². The Morgan fingerprint density at radius 3 is 2.54 bits per heavy atom. The van der Waals surface area contributed by atoms with Gasteiger partial charge in [0.05, 0.1) is 7.11 Å². The third kappa shape index (κ3) is 3.46. The monoisotopic (exact) mass is 197 g/mol. The summed E-state index contributed by atoms with van der Waals surface area (Å²) in [6.45, 7) is 6.36. The van der Waals surface area contributed by atoms with E-state index in [-0.39, 0.29) is 0 Å². The van der Waals surface area contributed by atoms with Crippen molar-refractivity contribution in [2.45, 2.75) is 19.6 Å². The number of rotatable bonds is 3. The van der Waals surface area contributed by atoms with Gasteiger partial charge in [0.15, 0.2) is 0 Å². The van der Waals surface area contributed by atoms with Crippen molar-refractivity contribution in [3.63, 3.8) is 0 Å². The van der Waals surface area contributed by atoms with Gasteiger partial charge in [-0.3, -0.25) is 0 Å². The fourth-order valence-electron chi connectivity index (χ4n) is 0.888. The van der Waals surface area contributed by atoms with Gasteiger partial charge in [0.1, 0.15) is 5.75 Å². The van der Waals surface area contributed by atoms with Crippen molar-refractivity contribution in [2.75, 3.05) is 7.11 Å². The first-order valence-corrected chi connectivity index (χ1v) is 7.61. The molecule has 0 saturated carbocycles. The third-order valence-electron chi connectivity index (χ3n) is 1.35. The number of ether oxygens (including phenoxy) is 1. The Bertz CT molecular complexity index is 283. The van der Waals surface area contributed by atoms with E-state index in [1.165, 1.54) is 0 Å². The number of aromatic nitrogens is 1. The highest BCUT2D eigenvalue weighted by Gasteiger charge is 2.16. The van der Waals surface area contributed by atoms with Gasteiger partial charge in [-0.15, -0.1) is 0 Å². The van der Waals surface area contributed by atoms with E-state index in [9.17, 15) is 0 Å². The summed E-state index contributed by atoms with van der Waals surface area (Å²) in [7, 11) is 0.0808. The predicted octanol–water partition coefficient (Wildman–Crippen LogP) is 2.30. The summed E-state index contributed by atoms with van der Waals surface area (Å²) in [5.74, 6) is 1.43.